The van der Waals surface area contributed by atoms with Crippen molar-refractivity contribution in [3.8, 4) is 0 Å². The molecular weight excluding hydrogens is 488 g/mol. The molecule has 1 unspecified atom stereocenters. The van der Waals surface area contributed by atoms with Crippen molar-refractivity contribution in [3.63, 3.8) is 0 Å². The number of nitrogens with zero attached hydrogens (tertiary/aromatic N) is 3. The second-order valence-corrected chi connectivity index (χ2v) is 8.18. The largest absolute Gasteiger partial charge is 0.381 e. The lowest BCUT2D eigenvalue weighted by atomic mass is 10.2. The Morgan fingerprint density at radius 2 is 1.61 bits per heavy atom. The summed E-state index contributed by atoms with van der Waals surface area (Å²) in [5.41, 5.74) is 3.05. The molecule has 6 nitrogen and oxygen atoms in total. The van der Waals surface area contributed by atoms with E-state index in [0.717, 1.165) is 36.4 Å². The van der Waals surface area contributed by atoms with Gasteiger partial charge in [-0.2, -0.15) is 0 Å². The Morgan fingerprint density at radius 3 is 2.18 bits per heavy atom. The maximum atomic E-state index is 10.8. The third-order valence-corrected chi connectivity index (χ3v) is 5.57. The zero-order valence-corrected chi connectivity index (χ0v) is 17.9. The van der Waals surface area contributed by atoms with Crippen LogP contribution in [0.4, 0.5) is 5.69 Å². The minimum Gasteiger partial charge on any atom is -0.381 e. The van der Waals surface area contributed by atoms with E-state index in [4.69, 9.17) is 4.84 Å². The quantitative estimate of drug-likeness (QED) is 0.252. The smallest absolute Gasteiger partial charge is 0.165 e. The molecule has 0 saturated heterocycles. The van der Waals surface area contributed by atoms with Gasteiger partial charge in [-0.05, 0) is 48.5 Å². The van der Waals surface area contributed by atoms with Crippen molar-refractivity contribution in [2.75, 3.05) is 11.9 Å². The van der Waals surface area contributed by atoms with Gasteiger partial charge in [0.25, 0.3) is 0 Å². The summed E-state index contributed by atoms with van der Waals surface area (Å²) in [6.45, 7) is 0.914. The van der Waals surface area contributed by atoms with Crippen LogP contribution >= 0.6 is 31.9 Å². The van der Waals surface area contributed by atoms with Crippen molar-refractivity contribution in [3.05, 3.63) is 74.8 Å². The van der Waals surface area contributed by atoms with Crippen LogP contribution in [0.25, 0.3) is 21.8 Å². The van der Waals surface area contributed by atoms with Crippen LogP contribution in [0.2, 0.25) is 0 Å². The molecule has 28 heavy (non-hydrogen) atoms. The van der Waals surface area contributed by atoms with Gasteiger partial charge in [-0.25, -0.2) is 0 Å². The van der Waals surface area contributed by atoms with Gasteiger partial charge in [-0.15, -0.1) is 4.91 Å². The maximum Gasteiger partial charge on any atom is 0.165 e. The highest BCUT2D eigenvalue weighted by Gasteiger charge is 2.17. The first-order valence-electron chi connectivity index (χ1n) is 8.65. The maximum absolute atomic E-state index is 10.8. The molecule has 1 atom stereocenters. The Bertz CT molecular complexity index is 1070. The van der Waals surface area contributed by atoms with Gasteiger partial charge in [0.1, 0.15) is 0 Å². The summed E-state index contributed by atoms with van der Waals surface area (Å²) in [6, 6.07) is 16.1. The van der Waals surface area contributed by atoms with Crippen molar-refractivity contribution in [1.82, 2.24) is 9.55 Å². The van der Waals surface area contributed by atoms with Crippen LogP contribution in [0.1, 0.15) is 0 Å². The summed E-state index contributed by atoms with van der Waals surface area (Å²) >= 11 is 7.11. The van der Waals surface area contributed by atoms with Gasteiger partial charge in [0.15, 0.2) is 11.4 Å². The molecule has 4 aromatic rings. The van der Waals surface area contributed by atoms with Gasteiger partial charge in [0.2, 0.25) is 0 Å². The normalized spacial score (nSPS) is 12.2. The number of rotatable bonds is 7. The highest BCUT2D eigenvalue weighted by Crippen LogP contribution is 2.33. The molecule has 0 aliphatic heterocycles. The van der Waals surface area contributed by atoms with Gasteiger partial charge >= 0.3 is 0 Å². The third-order valence-electron chi connectivity index (χ3n) is 4.58. The average Bonchev–Trinajstić information content (AvgIpc) is 2.99. The molecule has 0 radical (unpaired) electrons. The molecule has 1 N–H and O–H groups in total. The highest BCUT2D eigenvalue weighted by atomic mass is 79.9. The predicted molar refractivity (Wildman–Crippen MR) is 118 cm³/mol. The van der Waals surface area contributed by atoms with Crippen molar-refractivity contribution in [1.29, 1.82) is 0 Å². The molecule has 0 amide bonds. The minimum absolute atomic E-state index is 0.434. The van der Waals surface area contributed by atoms with Gasteiger partial charge in [-0.3, -0.25) is 4.98 Å². The van der Waals surface area contributed by atoms with E-state index in [9.17, 15) is 4.91 Å². The second-order valence-electron chi connectivity index (χ2n) is 6.35. The standard InChI is InChI=1S/C20H16Br2N4O2/c21-13-1-3-19-17(9-13)18-10-14(22)2-4-20(18)26(19)12-16(28-25-27)11-24-15-5-7-23-8-6-15/h1-10,16H,11-12H2,(H,23,24). The number of hydrogen-bond donors (Lipinski definition) is 1. The number of benzene rings is 2. The molecule has 0 saturated carbocycles. The number of aromatic nitrogens is 2. The molecule has 4 rings (SSSR count). The summed E-state index contributed by atoms with van der Waals surface area (Å²) in [5, 5.41) is 8.21. The molecule has 0 aliphatic rings. The van der Waals surface area contributed by atoms with E-state index < -0.39 is 6.10 Å². The van der Waals surface area contributed by atoms with Crippen LogP contribution in [0, 0.1) is 4.91 Å². The van der Waals surface area contributed by atoms with E-state index in [1.165, 1.54) is 0 Å². The molecular formula is C20H16Br2N4O2. The zero-order valence-electron chi connectivity index (χ0n) is 14.7. The Balaban J connectivity index is 1.70. The van der Waals surface area contributed by atoms with Crippen LogP contribution in [-0.2, 0) is 11.4 Å². The van der Waals surface area contributed by atoms with E-state index in [0.29, 0.717) is 13.1 Å². The van der Waals surface area contributed by atoms with E-state index in [1.807, 2.05) is 24.3 Å². The number of halogens is 2. The van der Waals surface area contributed by atoms with Gasteiger partial charge < -0.3 is 14.7 Å². The molecule has 142 valence electrons. The Hall–Kier alpha value is -2.45. The molecule has 0 spiro atoms. The van der Waals surface area contributed by atoms with Crippen LogP contribution < -0.4 is 5.32 Å². The molecule has 2 aromatic carbocycles. The first-order chi connectivity index (χ1) is 13.7. The third kappa shape index (κ3) is 3.88. The summed E-state index contributed by atoms with van der Waals surface area (Å²) in [5.74, 6) is 0. The van der Waals surface area contributed by atoms with Crippen molar-refractivity contribution in [2.24, 2.45) is 5.34 Å². The molecule has 2 heterocycles. The van der Waals surface area contributed by atoms with Crippen molar-refractivity contribution < 1.29 is 4.84 Å². The second kappa shape index (κ2) is 8.28. The predicted octanol–water partition coefficient (Wildman–Crippen LogP) is 5.89. The highest BCUT2D eigenvalue weighted by molar-refractivity contribution is 9.10. The molecule has 2 aromatic heterocycles. The summed E-state index contributed by atoms with van der Waals surface area (Å²) in [4.78, 5) is 20.0. The van der Waals surface area contributed by atoms with Gasteiger partial charge in [0, 0.05) is 48.8 Å². The van der Waals surface area contributed by atoms with Crippen LogP contribution in [0.5, 0.6) is 0 Å². The Morgan fingerprint density at radius 1 is 1.00 bits per heavy atom. The lowest BCUT2D eigenvalue weighted by Gasteiger charge is -2.17. The lowest BCUT2D eigenvalue weighted by Crippen LogP contribution is -2.26. The Labute approximate surface area is 178 Å². The summed E-state index contributed by atoms with van der Waals surface area (Å²) in [6.07, 6.45) is 2.98. The molecule has 8 heteroatoms. The van der Waals surface area contributed by atoms with Crippen LogP contribution in [0.3, 0.4) is 0 Å². The minimum atomic E-state index is -0.434. The van der Waals surface area contributed by atoms with Crippen LogP contribution in [0.15, 0.2) is 75.2 Å². The number of hydrogen-bond acceptors (Lipinski definition) is 5. The lowest BCUT2D eigenvalue weighted by molar-refractivity contribution is 0.0537. The number of pyridine rings is 1. The van der Waals surface area contributed by atoms with Crippen molar-refractivity contribution >= 4 is 59.4 Å². The first-order valence-corrected chi connectivity index (χ1v) is 10.2. The number of nitrogens with one attached hydrogen (secondary N) is 1. The summed E-state index contributed by atoms with van der Waals surface area (Å²) in [7, 11) is 0. The molecule has 0 fully saturated rings. The monoisotopic (exact) mass is 502 g/mol. The zero-order chi connectivity index (χ0) is 19.5. The fourth-order valence-corrected chi connectivity index (χ4v) is 4.07. The first kappa shape index (κ1) is 18.9. The van der Waals surface area contributed by atoms with E-state index >= 15 is 0 Å². The summed E-state index contributed by atoms with van der Waals surface area (Å²) < 4.78 is 4.19. The SMILES string of the molecule is O=NOC(CNc1ccncc1)Cn1c2ccc(Br)cc2c2cc(Br)ccc21. The van der Waals surface area contributed by atoms with Crippen molar-refractivity contribution in [2.45, 2.75) is 12.6 Å². The fourth-order valence-electron chi connectivity index (χ4n) is 3.35. The molecule has 0 bridgehead atoms. The van der Waals surface area contributed by atoms with E-state index in [2.05, 4.69) is 76.3 Å². The topological polar surface area (TPSA) is 68.5 Å². The van der Waals surface area contributed by atoms with Gasteiger partial charge in [0.05, 0.1) is 13.1 Å². The Kier molecular flexibility index (Phi) is 5.59. The number of fused-ring (bicyclic) bond motifs is 3. The van der Waals surface area contributed by atoms with Crippen LogP contribution in [-0.4, -0.2) is 22.2 Å². The van der Waals surface area contributed by atoms with E-state index in [-0.39, 0.29) is 0 Å². The number of anilines is 1. The van der Waals surface area contributed by atoms with Gasteiger partial charge in [-0.1, -0.05) is 31.9 Å². The fraction of sp³-hybridized carbons (Fsp3) is 0.150. The average molecular weight is 504 g/mol. The van der Waals surface area contributed by atoms with E-state index in [1.54, 1.807) is 12.4 Å². The molecule has 0 aliphatic carbocycles.